The van der Waals surface area contributed by atoms with Crippen molar-refractivity contribution < 1.29 is 9.52 Å². The van der Waals surface area contributed by atoms with Crippen molar-refractivity contribution in [2.75, 3.05) is 0 Å². The molecular formula is C44H32N2O2. The minimum atomic E-state index is -0.103. The lowest BCUT2D eigenvalue weighted by molar-refractivity contribution is 0.481. The zero-order valence-electron chi connectivity index (χ0n) is 27.0. The molecule has 0 fully saturated rings. The van der Waals surface area contributed by atoms with Crippen LogP contribution in [0.1, 0.15) is 26.3 Å². The number of rotatable bonds is 3. The topological polar surface area (TPSA) is 59.2 Å². The first-order valence-corrected chi connectivity index (χ1v) is 16.3. The van der Waals surface area contributed by atoms with Gasteiger partial charge in [-0.05, 0) is 81.4 Å². The molecule has 0 radical (unpaired) electrons. The highest BCUT2D eigenvalue weighted by molar-refractivity contribution is 6.35. The highest BCUT2D eigenvalue weighted by atomic mass is 16.3. The van der Waals surface area contributed by atoms with Crippen molar-refractivity contribution >= 4 is 54.4 Å². The minimum absolute atomic E-state index is 0.103. The van der Waals surface area contributed by atoms with Crippen LogP contribution in [0.4, 0.5) is 0 Å². The largest absolute Gasteiger partial charge is 0.507 e. The maximum absolute atomic E-state index is 11.7. The summed E-state index contributed by atoms with van der Waals surface area (Å²) in [5.41, 5.74) is 9.37. The number of phenols is 1. The molecular weight excluding hydrogens is 588 g/mol. The van der Waals surface area contributed by atoms with Gasteiger partial charge in [0.05, 0.1) is 22.3 Å². The number of hydrogen-bond acceptors (Lipinski definition) is 4. The minimum Gasteiger partial charge on any atom is -0.507 e. The Morgan fingerprint density at radius 1 is 0.521 bits per heavy atom. The molecule has 48 heavy (non-hydrogen) atoms. The Balaban J connectivity index is 1.32. The molecule has 0 saturated heterocycles. The zero-order chi connectivity index (χ0) is 32.6. The Kier molecular flexibility index (Phi) is 6.18. The number of aromatic hydroxyl groups is 1. The van der Waals surface area contributed by atoms with E-state index in [-0.39, 0.29) is 11.2 Å². The Labute approximate surface area is 277 Å². The van der Waals surface area contributed by atoms with Crippen molar-refractivity contribution in [3.8, 4) is 39.4 Å². The third kappa shape index (κ3) is 4.44. The van der Waals surface area contributed by atoms with Gasteiger partial charge in [-0.1, -0.05) is 93.6 Å². The zero-order valence-corrected chi connectivity index (χ0v) is 27.0. The molecule has 230 valence electrons. The number of aromatic nitrogens is 2. The van der Waals surface area contributed by atoms with Crippen LogP contribution in [0.5, 0.6) is 5.75 Å². The van der Waals surface area contributed by atoms with Crippen LogP contribution in [0.25, 0.3) is 88.0 Å². The second-order valence-electron chi connectivity index (χ2n) is 13.6. The summed E-state index contributed by atoms with van der Waals surface area (Å²) < 4.78 is 6.25. The van der Waals surface area contributed by atoms with Gasteiger partial charge in [-0.3, -0.25) is 4.98 Å². The van der Waals surface area contributed by atoms with Gasteiger partial charge in [0.15, 0.2) is 0 Å². The van der Waals surface area contributed by atoms with E-state index in [2.05, 4.69) is 112 Å². The van der Waals surface area contributed by atoms with E-state index in [4.69, 9.17) is 14.4 Å². The molecule has 9 rings (SSSR count). The summed E-state index contributed by atoms with van der Waals surface area (Å²) in [4.78, 5) is 10.2. The maximum Gasteiger partial charge on any atom is 0.139 e. The lowest BCUT2D eigenvalue weighted by Crippen LogP contribution is -2.11. The van der Waals surface area contributed by atoms with E-state index in [0.717, 1.165) is 82.4 Å². The molecule has 0 atom stereocenters. The normalized spacial score (nSPS) is 12.1. The highest BCUT2D eigenvalue weighted by Gasteiger charge is 2.22. The summed E-state index contributed by atoms with van der Waals surface area (Å²) in [5.74, 6) is 0.156. The number of benzene rings is 6. The molecule has 9 aromatic rings. The molecule has 0 unspecified atom stereocenters. The van der Waals surface area contributed by atoms with Crippen molar-refractivity contribution in [3.05, 3.63) is 139 Å². The molecule has 4 heteroatoms. The number of para-hydroxylation sites is 1. The number of pyridine rings is 2. The van der Waals surface area contributed by atoms with Crippen molar-refractivity contribution in [3.63, 3.8) is 0 Å². The van der Waals surface area contributed by atoms with E-state index in [1.165, 1.54) is 5.56 Å². The number of fused-ring (bicyclic) bond motifs is 10. The second kappa shape index (κ2) is 10.5. The number of phenolic OH excluding ortho intramolecular Hbond substituents is 1. The Hall–Kier alpha value is -6.00. The molecule has 1 N–H and O–H groups in total. The van der Waals surface area contributed by atoms with Gasteiger partial charge in [0.1, 0.15) is 16.9 Å². The van der Waals surface area contributed by atoms with E-state index in [9.17, 15) is 5.11 Å². The third-order valence-electron chi connectivity index (χ3n) is 9.52. The van der Waals surface area contributed by atoms with Crippen molar-refractivity contribution in [2.24, 2.45) is 0 Å². The van der Waals surface area contributed by atoms with Gasteiger partial charge in [-0.2, -0.15) is 0 Å². The van der Waals surface area contributed by atoms with E-state index in [1.54, 1.807) is 6.07 Å². The fourth-order valence-electron chi connectivity index (χ4n) is 7.10. The maximum atomic E-state index is 11.7. The lowest BCUT2D eigenvalue weighted by atomic mass is 9.84. The fraction of sp³-hybridized carbons (Fsp3) is 0.0909. The average molecular weight is 621 g/mol. The monoisotopic (exact) mass is 620 g/mol. The van der Waals surface area contributed by atoms with E-state index in [0.29, 0.717) is 5.58 Å². The highest BCUT2D eigenvalue weighted by Crippen LogP contribution is 2.46. The molecule has 3 aromatic heterocycles. The first kappa shape index (κ1) is 28.2. The summed E-state index contributed by atoms with van der Waals surface area (Å²) in [7, 11) is 0. The molecule has 0 amide bonds. The first-order valence-electron chi connectivity index (χ1n) is 16.3. The quantitative estimate of drug-likeness (QED) is 0.200. The van der Waals surface area contributed by atoms with Crippen LogP contribution in [0.2, 0.25) is 0 Å². The number of nitrogens with zero attached hydrogens (tertiary/aromatic N) is 2. The van der Waals surface area contributed by atoms with Gasteiger partial charge in [0.25, 0.3) is 0 Å². The summed E-state index contributed by atoms with van der Waals surface area (Å²) in [6.45, 7) is 6.70. The molecule has 0 aliphatic heterocycles. The predicted octanol–water partition coefficient (Wildman–Crippen LogP) is 11.8. The number of hydrogen-bond donors (Lipinski definition) is 1. The smallest absolute Gasteiger partial charge is 0.139 e. The molecule has 0 bridgehead atoms. The van der Waals surface area contributed by atoms with Crippen LogP contribution in [-0.4, -0.2) is 15.1 Å². The van der Waals surface area contributed by atoms with Crippen molar-refractivity contribution in [2.45, 2.75) is 26.2 Å². The standard InChI is InChI=1S/C44H32N2O2/c1-44(2,3)30-22-28(21-29(23-30)36-24-27(19-20-45-36)26-11-5-4-6-12-26)35-18-17-33-31-13-7-8-14-32(31)41-40-34-15-9-10-16-38(34)48-39(40)25-37(47)42(41)43(33)46-35/h4-25,47H,1-3H3. The van der Waals surface area contributed by atoms with Crippen molar-refractivity contribution in [1.82, 2.24) is 9.97 Å². The van der Waals surface area contributed by atoms with Crippen LogP contribution in [0, 0.1) is 0 Å². The summed E-state index contributed by atoms with van der Waals surface area (Å²) >= 11 is 0. The Bertz CT molecular complexity index is 2720. The Morgan fingerprint density at radius 2 is 1.23 bits per heavy atom. The van der Waals surface area contributed by atoms with Gasteiger partial charge in [0.2, 0.25) is 0 Å². The van der Waals surface area contributed by atoms with E-state index < -0.39 is 0 Å². The van der Waals surface area contributed by atoms with Crippen molar-refractivity contribution in [1.29, 1.82) is 0 Å². The SMILES string of the molecule is CC(C)(C)c1cc(-c2cc(-c3ccccc3)ccn2)cc(-c2ccc3c4ccccc4c4c(c(O)cc5oc6ccccc6c54)c3n2)c1. The second-order valence-corrected chi connectivity index (χ2v) is 13.6. The molecule has 0 aliphatic carbocycles. The molecule has 0 saturated carbocycles. The average Bonchev–Trinajstić information content (AvgIpc) is 3.49. The molecule has 3 heterocycles. The lowest BCUT2D eigenvalue weighted by Gasteiger charge is -2.21. The van der Waals surface area contributed by atoms with Crippen LogP contribution in [0.15, 0.2) is 138 Å². The van der Waals surface area contributed by atoms with Crippen LogP contribution in [0.3, 0.4) is 0 Å². The summed E-state index contributed by atoms with van der Waals surface area (Å²) in [6, 6.07) is 43.7. The van der Waals surface area contributed by atoms with Gasteiger partial charge < -0.3 is 9.52 Å². The third-order valence-corrected chi connectivity index (χ3v) is 9.52. The number of furan rings is 1. The van der Waals surface area contributed by atoms with Gasteiger partial charge in [-0.15, -0.1) is 0 Å². The Morgan fingerprint density at radius 3 is 2.02 bits per heavy atom. The molecule has 0 aliphatic rings. The van der Waals surface area contributed by atoms with Crippen LogP contribution >= 0.6 is 0 Å². The predicted molar refractivity (Wildman–Crippen MR) is 199 cm³/mol. The van der Waals surface area contributed by atoms with Crippen LogP contribution < -0.4 is 0 Å². The fourth-order valence-corrected chi connectivity index (χ4v) is 7.10. The van der Waals surface area contributed by atoms with E-state index >= 15 is 0 Å². The van der Waals surface area contributed by atoms with Gasteiger partial charge in [0, 0.05) is 44.9 Å². The van der Waals surface area contributed by atoms with E-state index in [1.807, 2.05) is 36.5 Å². The summed E-state index contributed by atoms with van der Waals surface area (Å²) in [5, 5.41) is 18.5. The van der Waals surface area contributed by atoms with Gasteiger partial charge in [-0.25, -0.2) is 4.98 Å². The molecule has 0 spiro atoms. The summed E-state index contributed by atoms with van der Waals surface area (Å²) in [6.07, 6.45) is 1.88. The van der Waals surface area contributed by atoms with Gasteiger partial charge >= 0.3 is 0 Å². The molecule has 4 nitrogen and oxygen atoms in total. The molecule has 6 aromatic carbocycles. The first-order chi connectivity index (χ1) is 23.3. The van der Waals surface area contributed by atoms with Crippen LogP contribution in [-0.2, 0) is 5.41 Å².